The zero-order valence-electron chi connectivity index (χ0n) is 10.2. The van der Waals surface area contributed by atoms with Crippen molar-refractivity contribution in [2.45, 2.75) is 20.4 Å². The molecule has 0 bridgehead atoms. The molecule has 0 N–H and O–H groups in total. The minimum atomic E-state index is -5.04. The van der Waals surface area contributed by atoms with E-state index in [0.29, 0.717) is 9.13 Å². The van der Waals surface area contributed by atoms with E-state index >= 15 is 0 Å². The van der Waals surface area contributed by atoms with Crippen molar-refractivity contribution in [1.29, 1.82) is 0 Å². The molecule has 0 aliphatic rings. The van der Waals surface area contributed by atoms with Gasteiger partial charge in [0.1, 0.15) is 0 Å². The second-order valence-electron chi connectivity index (χ2n) is 3.65. The largest absolute Gasteiger partial charge is 1.00 e. The molecule has 0 radical (unpaired) electrons. The molecule has 0 aliphatic carbocycles. The molecule has 0 spiro atoms. The van der Waals surface area contributed by atoms with Gasteiger partial charge in [-0.05, 0) is 53.1 Å². The van der Waals surface area contributed by atoms with Gasteiger partial charge < -0.3 is 12.9 Å². The van der Waals surface area contributed by atoms with Gasteiger partial charge >= 0.3 is 58.4 Å². The van der Waals surface area contributed by atoms with Crippen molar-refractivity contribution >= 4 is 35.0 Å². The molecule has 0 saturated heterocycles. The predicted molar refractivity (Wildman–Crippen MR) is 70.2 cm³/mol. The Morgan fingerprint density at radius 1 is 1.33 bits per heavy atom. The van der Waals surface area contributed by atoms with Gasteiger partial charge in [0.25, 0.3) is 0 Å². The summed E-state index contributed by atoms with van der Waals surface area (Å²) >= 11 is 1.89. The molecule has 18 heavy (non-hydrogen) atoms. The Hall–Kier alpha value is 0.751. The van der Waals surface area contributed by atoms with Crippen LogP contribution in [0.2, 0.25) is 0 Å². The molecule has 0 saturated carbocycles. The Bertz CT molecular complexity index is 501. The van der Waals surface area contributed by atoms with Crippen LogP contribution in [0.25, 0.3) is 10.4 Å². The van der Waals surface area contributed by atoms with Crippen molar-refractivity contribution in [1.82, 2.24) is 0 Å². The van der Waals surface area contributed by atoms with Crippen LogP contribution in [0.1, 0.15) is 16.7 Å². The van der Waals surface area contributed by atoms with E-state index in [1.54, 1.807) is 6.92 Å². The van der Waals surface area contributed by atoms with Crippen LogP contribution >= 0.6 is 22.6 Å². The molecule has 1 rings (SSSR count). The summed E-state index contributed by atoms with van der Waals surface area (Å²) in [5.74, 6) is 0. The minimum Gasteiger partial charge on any atom is -0.445 e. The van der Waals surface area contributed by atoms with Crippen molar-refractivity contribution in [2.24, 2.45) is 5.11 Å². The topological polar surface area (TPSA) is 48.8 Å². The predicted octanol–water partition coefficient (Wildman–Crippen LogP) is 0.777. The van der Waals surface area contributed by atoms with Gasteiger partial charge in [-0.25, -0.2) is 0 Å². The molecule has 92 valence electrons. The number of halogens is 4. The van der Waals surface area contributed by atoms with E-state index in [-0.39, 0.29) is 63.5 Å². The zero-order valence-corrected chi connectivity index (χ0v) is 15.5. The van der Waals surface area contributed by atoms with Crippen LogP contribution in [0, 0.1) is 17.4 Å². The Labute approximate surface area is 159 Å². The molecule has 9 heteroatoms. The molecule has 0 aliphatic heterocycles. The summed E-state index contributed by atoms with van der Waals surface area (Å²) in [7, 11) is 0. The SMILES string of the molecule is Cc1c(CN=[N+]=[N-])cc([B-](F)(F)F)c(C)c1I.[K+]. The summed E-state index contributed by atoms with van der Waals surface area (Å²) in [4.78, 5) is 2.56. The fourth-order valence-electron chi connectivity index (χ4n) is 1.57. The average molecular weight is 393 g/mol. The van der Waals surface area contributed by atoms with Gasteiger partial charge in [0, 0.05) is 8.48 Å². The summed E-state index contributed by atoms with van der Waals surface area (Å²) in [5, 5.41) is 3.31. The van der Waals surface area contributed by atoms with Gasteiger partial charge in [0.2, 0.25) is 0 Å². The van der Waals surface area contributed by atoms with Crippen LogP contribution in [0.15, 0.2) is 11.2 Å². The number of nitrogens with zero attached hydrogens (tertiary/aromatic N) is 3. The molecule has 0 heterocycles. The first-order valence-electron chi connectivity index (χ1n) is 4.78. The summed E-state index contributed by atoms with van der Waals surface area (Å²) < 4.78 is 39.0. The Morgan fingerprint density at radius 3 is 2.33 bits per heavy atom. The Balaban J connectivity index is 0.00000289. The molecule has 3 nitrogen and oxygen atoms in total. The smallest absolute Gasteiger partial charge is 0.445 e. The Morgan fingerprint density at radius 2 is 1.89 bits per heavy atom. The Kier molecular flexibility index (Phi) is 7.83. The van der Waals surface area contributed by atoms with E-state index < -0.39 is 12.4 Å². The molecule has 0 unspecified atom stereocenters. The number of hydrogen-bond donors (Lipinski definition) is 0. The van der Waals surface area contributed by atoms with E-state index in [1.807, 2.05) is 22.6 Å². The van der Waals surface area contributed by atoms with Crippen LogP contribution in [0.3, 0.4) is 0 Å². The van der Waals surface area contributed by atoms with Crippen molar-refractivity contribution in [3.8, 4) is 0 Å². The van der Waals surface area contributed by atoms with Crippen LogP contribution in [0.5, 0.6) is 0 Å². The van der Waals surface area contributed by atoms with Gasteiger partial charge in [-0.2, -0.15) is 0 Å². The third-order valence-electron chi connectivity index (χ3n) is 2.56. The summed E-state index contributed by atoms with van der Waals surface area (Å²) in [5.41, 5.74) is 9.00. The maximum Gasteiger partial charge on any atom is 1.00 e. The van der Waals surface area contributed by atoms with E-state index in [2.05, 4.69) is 10.0 Å². The number of rotatable bonds is 3. The second kappa shape index (κ2) is 7.51. The first-order valence-corrected chi connectivity index (χ1v) is 5.86. The van der Waals surface area contributed by atoms with Crippen molar-refractivity contribution in [2.75, 3.05) is 0 Å². The summed E-state index contributed by atoms with van der Waals surface area (Å²) in [6.45, 7) is -1.92. The van der Waals surface area contributed by atoms with Gasteiger partial charge in [-0.1, -0.05) is 16.7 Å². The monoisotopic (exact) mass is 393 g/mol. The molecule has 0 fully saturated rings. The van der Waals surface area contributed by atoms with Gasteiger partial charge in [-0.3, -0.25) is 0 Å². The second-order valence-corrected chi connectivity index (χ2v) is 4.73. The molecule has 1 aromatic rings. The van der Waals surface area contributed by atoms with E-state index in [4.69, 9.17) is 5.53 Å². The molecule has 1 aromatic carbocycles. The maximum absolute atomic E-state index is 12.8. The molecule has 0 atom stereocenters. The normalized spacial score (nSPS) is 10.6. The van der Waals surface area contributed by atoms with Crippen LogP contribution in [-0.2, 0) is 6.54 Å². The minimum absolute atomic E-state index is 0. The van der Waals surface area contributed by atoms with E-state index in [1.165, 1.54) is 6.92 Å². The number of benzene rings is 1. The summed E-state index contributed by atoms with van der Waals surface area (Å²) in [6, 6.07) is 1.08. The molecule has 0 aromatic heterocycles. The average Bonchev–Trinajstić information content (AvgIpc) is 2.23. The van der Waals surface area contributed by atoms with Crippen molar-refractivity contribution < 1.29 is 64.3 Å². The van der Waals surface area contributed by atoms with Crippen LogP contribution in [-0.4, -0.2) is 6.98 Å². The standard InChI is InChI=1S/C9H9BF3IN3.K/c1-5-7(4-16-17-15)3-8(10(11,12)13)6(2)9(5)14;/h3H,4H2,1-2H3;/q-1;+1. The third kappa shape index (κ3) is 4.39. The first kappa shape index (κ1) is 18.8. The molecule has 0 amide bonds. The van der Waals surface area contributed by atoms with Crippen LogP contribution < -0.4 is 56.8 Å². The van der Waals surface area contributed by atoms with Crippen LogP contribution in [0.4, 0.5) is 12.9 Å². The number of azide groups is 1. The quantitative estimate of drug-likeness (QED) is 0.240. The van der Waals surface area contributed by atoms with E-state index in [0.717, 1.165) is 11.6 Å². The number of hydrogen-bond acceptors (Lipinski definition) is 1. The van der Waals surface area contributed by atoms with Crippen molar-refractivity contribution in [3.05, 3.63) is 36.8 Å². The summed E-state index contributed by atoms with van der Waals surface area (Å²) in [6.07, 6.45) is 0. The first-order chi connectivity index (χ1) is 7.79. The fraction of sp³-hybridized carbons (Fsp3) is 0.333. The fourth-order valence-corrected chi connectivity index (χ4v) is 2.22. The van der Waals surface area contributed by atoms with Gasteiger partial charge in [-0.15, -0.1) is 5.46 Å². The zero-order chi connectivity index (χ0) is 13.2. The third-order valence-corrected chi connectivity index (χ3v) is 4.18. The van der Waals surface area contributed by atoms with Gasteiger partial charge in [0.15, 0.2) is 0 Å². The molecular formula is C9H9BF3IKN3. The molecular weight excluding hydrogens is 384 g/mol. The van der Waals surface area contributed by atoms with E-state index in [9.17, 15) is 12.9 Å². The van der Waals surface area contributed by atoms with Crippen molar-refractivity contribution in [3.63, 3.8) is 0 Å². The maximum atomic E-state index is 12.8. The van der Waals surface area contributed by atoms with Gasteiger partial charge in [0.05, 0.1) is 6.54 Å².